The number of nitrogens with one attached hydrogen (secondary N) is 1. The molecule has 1 aliphatic heterocycles. The van der Waals surface area contributed by atoms with Gasteiger partial charge in [0, 0.05) is 24.7 Å². The first-order valence-electron chi connectivity index (χ1n) is 11.5. The van der Waals surface area contributed by atoms with Crippen LogP contribution in [0.1, 0.15) is 36.8 Å². The Bertz CT molecular complexity index is 1320. The van der Waals surface area contributed by atoms with Crippen LogP contribution in [0.3, 0.4) is 0 Å². The molecule has 3 heterocycles. The van der Waals surface area contributed by atoms with Crippen molar-refractivity contribution in [3.8, 4) is 16.9 Å². The molecule has 3 aromatic rings. The minimum Gasteiger partial charge on any atom is -0.359 e. The zero-order chi connectivity index (χ0) is 24.5. The van der Waals surface area contributed by atoms with Crippen molar-refractivity contribution < 1.29 is 12.9 Å². The molecular formula is C24H31N5O4S. The lowest BCUT2D eigenvalue weighted by Gasteiger charge is -2.30. The Morgan fingerprint density at radius 1 is 1.12 bits per heavy atom. The maximum Gasteiger partial charge on any atom is 0.271 e. The molecule has 0 unspecified atom stereocenters. The van der Waals surface area contributed by atoms with Crippen LogP contribution in [0.15, 0.2) is 44.5 Å². The number of sulfonamides is 1. The average molecular weight is 486 g/mol. The lowest BCUT2D eigenvalue weighted by molar-refractivity contribution is 0.195. The zero-order valence-electron chi connectivity index (χ0n) is 20.0. The van der Waals surface area contributed by atoms with Gasteiger partial charge in [0.25, 0.3) is 5.56 Å². The first-order valence-corrected chi connectivity index (χ1v) is 13.0. The van der Waals surface area contributed by atoms with Gasteiger partial charge in [-0.25, -0.2) is 13.1 Å². The second-order valence-corrected chi connectivity index (χ2v) is 10.8. The van der Waals surface area contributed by atoms with Crippen molar-refractivity contribution in [1.29, 1.82) is 0 Å². The fraction of sp³-hybridized carbons (Fsp3) is 0.458. The lowest BCUT2D eigenvalue weighted by atomic mass is 9.99. The Hall–Kier alpha value is -2.82. The largest absolute Gasteiger partial charge is 0.359 e. The minimum absolute atomic E-state index is 0.203. The molecular weight excluding hydrogens is 454 g/mol. The van der Waals surface area contributed by atoms with E-state index >= 15 is 0 Å². The van der Waals surface area contributed by atoms with E-state index in [1.165, 1.54) is 10.7 Å². The van der Waals surface area contributed by atoms with Crippen LogP contribution in [0.4, 0.5) is 0 Å². The molecule has 0 amide bonds. The van der Waals surface area contributed by atoms with Crippen LogP contribution < -0.4 is 10.3 Å². The van der Waals surface area contributed by atoms with E-state index in [-0.39, 0.29) is 10.5 Å². The standard InChI is InChI=1S/C24H31N5O4S/c1-16-9-12-28(13-10-16)14-11-25-34(31,32)22-15-20(6-5-17(22)2)21-7-8-23(30)29(26-21)24-18(3)27-33-19(24)4/h5-8,15-16,25H,9-14H2,1-4H3. The normalized spacial score (nSPS) is 15.6. The average Bonchev–Trinajstić information content (AvgIpc) is 3.13. The summed E-state index contributed by atoms with van der Waals surface area (Å²) in [5.41, 5.74) is 2.41. The van der Waals surface area contributed by atoms with Gasteiger partial charge in [0.15, 0.2) is 5.76 Å². The maximum atomic E-state index is 13.1. The molecule has 0 spiro atoms. The third-order valence-electron chi connectivity index (χ3n) is 6.38. The van der Waals surface area contributed by atoms with Gasteiger partial charge >= 0.3 is 0 Å². The Labute approximate surface area is 199 Å². The molecule has 1 saturated heterocycles. The molecule has 1 aliphatic rings. The summed E-state index contributed by atoms with van der Waals surface area (Å²) in [6.45, 7) is 10.5. The molecule has 4 rings (SSSR count). The molecule has 1 N–H and O–H groups in total. The van der Waals surface area contributed by atoms with Gasteiger partial charge < -0.3 is 9.42 Å². The molecule has 10 heteroatoms. The first kappa shape index (κ1) is 24.3. The number of rotatable bonds is 7. The third kappa shape index (κ3) is 5.13. The molecule has 34 heavy (non-hydrogen) atoms. The Balaban J connectivity index is 1.57. The smallest absolute Gasteiger partial charge is 0.271 e. The zero-order valence-corrected chi connectivity index (χ0v) is 20.9. The maximum absolute atomic E-state index is 13.1. The lowest BCUT2D eigenvalue weighted by Crippen LogP contribution is -2.39. The molecule has 2 aromatic heterocycles. The second-order valence-electron chi connectivity index (χ2n) is 9.04. The van der Waals surface area contributed by atoms with Crippen LogP contribution in [0.5, 0.6) is 0 Å². The van der Waals surface area contributed by atoms with Gasteiger partial charge in [0.1, 0.15) is 11.4 Å². The van der Waals surface area contributed by atoms with Gasteiger partial charge in [0.05, 0.1) is 10.6 Å². The summed E-state index contributed by atoms with van der Waals surface area (Å²) in [6.07, 6.45) is 2.30. The second kappa shape index (κ2) is 9.81. The molecule has 0 bridgehead atoms. The highest BCUT2D eigenvalue weighted by Crippen LogP contribution is 2.24. The van der Waals surface area contributed by atoms with Crippen molar-refractivity contribution in [2.24, 2.45) is 5.92 Å². The summed E-state index contributed by atoms with van der Waals surface area (Å²) >= 11 is 0. The van der Waals surface area contributed by atoms with Crippen LogP contribution in [0.2, 0.25) is 0 Å². The van der Waals surface area contributed by atoms with Crippen LogP contribution in [0.25, 0.3) is 16.9 Å². The fourth-order valence-electron chi connectivity index (χ4n) is 4.26. The highest BCUT2D eigenvalue weighted by molar-refractivity contribution is 7.89. The highest BCUT2D eigenvalue weighted by Gasteiger charge is 2.21. The van der Waals surface area contributed by atoms with Crippen molar-refractivity contribution in [1.82, 2.24) is 24.6 Å². The topological polar surface area (TPSA) is 110 Å². The van der Waals surface area contributed by atoms with Gasteiger partial charge in [-0.2, -0.15) is 9.78 Å². The number of hydrogen-bond acceptors (Lipinski definition) is 7. The fourth-order valence-corrected chi connectivity index (χ4v) is 5.55. The third-order valence-corrected chi connectivity index (χ3v) is 7.98. The van der Waals surface area contributed by atoms with E-state index < -0.39 is 10.0 Å². The van der Waals surface area contributed by atoms with Gasteiger partial charge in [-0.1, -0.05) is 24.2 Å². The van der Waals surface area contributed by atoms with E-state index in [4.69, 9.17) is 4.52 Å². The monoisotopic (exact) mass is 485 g/mol. The summed E-state index contributed by atoms with van der Waals surface area (Å²) < 4.78 is 35.4. The van der Waals surface area contributed by atoms with Crippen molar-refractivity contribution in [3.63, 3.8) is 0 Å². The Morgan fingerprint density at radius 2 is 1.85 bits per heavy atom. The predicted octanol–water partition coefficient (Wildman–Crippen LogP) is 2.82. The molecule has 1 fully saturated rings. The SMILES string of the molecule is Cc1ccc(-c2ccc(=O)n(-c3c(C)noc3C)n2)cc1S(=O)(=O)NCCN1CCC(C)CC1. The van der Waals surface area contributed by atoms with Crippen LogP contribution >= 0.6 is 0 Å². The number of nitrogens with zero attached hydrogens (tertiary/aromatic N) is 4. The van der Waals surface area contributed by atoms with Gasteiger partial charge in [0.2, 0.25) is 10.0 Å². The van der Waals surface area contributed by atoms with Crippen LogP contribution in [0, 0.1) is 26.7 Å². The van der Waals surface area contributed by atoms with Gasteiger partial charge in [-0.05, 0) is 70.3 Å². The van der Waals surface area contributed by atoms with Crippen molar-refractivity contribution in [2.75, 3.05) is 26.2 Å². The molecule has 1 aromatic carbocycles. The number of piperidine rings is 1. The Morgan fingerprint density at radius 3 is 2.53 bits per heavy atom. The summed E-state index contributed by atoms with van der Waals surface area (Å²) in [7, 11) is -3.71. The molecule has 0 saturated carbocycles. The molecule has 0 aliphatic carbocycles. The number of aromatic nitrogens is 3. The van der Waals surface area contributed by atoms with Crippen LogP contribution in [-0.4, -0.2) is 54.4 Å². The summed E-state index contributed by atoms with van der Waals surface area (Å²) in [5.74, 6) is 1.21. The first-order chi connectivity index (χ1) is 16.2. The van der Waals surface area contributed by atoms with E-state index in [9.17, 15) is 13.2 Å². The Kier molecular flexibility index (Phi) is 7.01. The quantitative estimate of drug-likeness (QED) is 0.548. The van der Waals surface area contributed by atoms with Gasteiger partial charge in [-0.3, -0.25) is 4.79 Å². The minimum atomic E-state index is -3.71. The molecule has 9 nitrogen and oxygen atoms in total. The molecule has 0 radical (unpaired) electrons. The summed E-state index contributed by atoms with van der Waals surface area (Å²) in [4.78, 5) is 15.0. The highest BCUT2D eigenvalue weighted by atomic mass is 32.2. The van der Waals surface area contributed by atoms with Crippen molar-refractivity contribution in [3.05, 3.63) is 57.7 Å². The number of benzene rings is 1. The summed E-state index contributed by atoms with van der Waals surface area (Å²) in [5, 5.41) is 8.37. The van der Waals surface area contributed by atoms with Crippen molar-refractivity contribution in [2.45, 2.75) is 45.4 Å². The number of likely N-dealkylation sites (tertiary alicyclic amines) is 1. The number of hydrogen-bond donors (Lipinski definition) is 1. The van der Waals surface area contributed by atoms with E-state index in [0.717, 1.165) is 31.8 Å². The predicted molar refractivity (Wildman–Crippen MR) is 130 cm³/mol. The van der Waals surface area contributed by atoms with E-state index in [2.05, 4.69) is 26.8 Å². The van der Waals surface area contributed by atoms with Gasteiger partial charge in [-0.15, -0.1) is 0 Å². The van der Waals surface area contributed by atoms with Crippen molar-refractivity contribution >= 4 is 10.0 Å². The van der Waals surface area contributed by atoms with E-state index in [0.29, 0.717) is 47.1 Å². The molecule has 182 valence electrons. The molecule has 0 atom stereocenters. The van der Waals surface area contributed by atoms with Crippen LogP contribution in [-0.2, 0) is 10.0 Å². The van der Waals surface area contributed by atoms with E-state index in [1.54, 1.807) is 45.0 Å². The number of aryl methyl sites for hydroxylation is 3. The van der Waals surface area contributed by atoms with E-state index in [1.807, 2.05) is 0 Å². The summed E-state index contributed by atoms with van der Waals surface area (Å²) in [6, 6.07) is 8.14.